The summed E-state index contributed by atoms with van der Waals surface area (Å²) in [6.07, 6.45) is 8.06. The van der Waals surface area contributed by atoms with Crippen LogP contribution in [0.15, 0.2) is 23.0 Å². The van der Waals surface area contributed by atoms with Crippen molar-refractivity contribution in [3.63, 3.8) is 0 Å². The molecule has 3 rings (SSSR count). The smallest absolute Gasteiger partial charge is 0.262 e. The second kappa shape index (κ2) is 10.8. The van der Waals surface area contributed by atoms with Crippen molar-refractivity contribution < 1.29 is 4.74 Å². The van der Waals surface area contributed by atoms with Crippen LogP contribution in [0.2, 0.25) is 5.02 Å². The van der Waals surface area contributed by atoms with Crippen LogP contribution in [0.25, 0.3) is 11.0 Å². The van der Waals surface area contributed by atoms with Gasteiger partial charge in [-0.05, 0) is 37.0 Å². The zero-order chi connectivity index (χ0) is 22.4. The molecule has 0 saturated carbocycles. The molecule has 0 bridgehead atoms. The van der Waals surface area contributed by atoms with E-state index < -0.39 is 0 Å². The van der Waals surface area contributed by atoms with Gasteiger partial charge >= 0.3 is 0 Å². The molecule has 3 aromatic rings. The van der Waals surface area contributed by atoms with E-state index in [-0.39, 0.29) is 11.6 Å². The van der Waals surface area contributed by atoms with Crippen LogP contribution in [0.4, 0.5) is 0 Å². The van der Waals surface area contributed by atoms with Gasteiger partial charge in [0.15, 0.2) is 5.65 Å². The summed E-state index contributed by atoms with van der Waals surface area (Å²) in [7, 11) is 1.59. The van der Waals surface area contributed by atoms with Crippen LogP contribution in [0, 0.1) is 0 Å². The molecule has 31 heavy (non-hydrogen) atoms. The quantitative estimate of drug-likeness (QED) is 0.376. The number of rotatable bonds is 11. The summed E-state index contributed by atoms with van der Waals surface area (Å²) in [4.78, 5) is 20.8. The Bertz CT molecular complexity index is 1070. The average molecular weight is 445 g/mol. The number of unbranched alkanes of at least 4 members (excludes halogenated alkanes) is 3. The number of hydrogen-bond acceptors (Lipinski definition) is 4. The van der Waals surface area contributed by atoms with Gasteiger partial charge in [-0.1, -0.05) is 64.1 Å². The molecular formula is C24H33ClN4O2. The minimum atomic E-state index is -0.122. The normalized spacial score (nSPS) is 12.4. The first kappa shape index (κ1) is 23.3. The number of aryl methyl sites for hydroxylation is 1. The van der Waals surface area contributed by atoms with E-state index in [4.69, 9.17) is 26.4 Å². The van der Waals surface area contributed by atoms with Gasteiger partial charge in [0.1, 0.15) is 17.0 Å². The van der Waals surface area contributed by atoms with Gasteiger partial charge in [-0.3, -0.25) is 4.79 Å². The molecule has 1 atom stereocenters. The molecule has 168 valence electrons. The lowest BCUT2D eigenvalue weighted by Crippen LogP contribution is -2.15. The van der Waals surface area contributed by atoms with E-state index in [1.807, 2.05) is 29.8 Å². The van der Waals surface area contributed by atoms with E-state index in [2.05, 4.69) is 18.8 Å². The number of ether oxygens (including phenoxy) is 1. The van der Waals surface area contributed by atoms with Crippen molar-refractivity contribution in [2.24, 2.45) is 0 Å². The Morgan fingerprint density at radius 2 is 2.00 bits per heavy atom. The Labute approximate surface area is 189 Å². The lowest BCUT2D eigenvalue weighted by Gasteiger charge is -2.16. The van der Waals surface area contributed by atoms with Crippen molar-refractivity contribution in [2.75, 3.05) is 7.11 Å². The zero-order valence-corrected chi connectivity index (χ0v) is 19.8. The number of nitrogens with zero attached hydrogens (tertiary/aromatic N) is 3. The molecular weight excluding hydrogens is 412 g/mol. The molecule has 0 saturated heterocycles. The SMILES string of the molecule is CCCCCCC(CC)n1nc(CC)c2c(=O)[nH]c(Cc3ccc(OC)c(Cl)c3)nc21. The summed E-state index contributed by atoms with van der Waals surface area (Å²) >= 11 is 6.27. The first-order valence-electron chi connectivity index (χ1n) is 11.3. The highest BCUT2D eigenvalue weighted by atomic mass is 35.5. The summed E-state index contributed by atoms with van der Waals surface area (Å²) in [5.74, 6) is 1.24. The molecule has 1 N–H and O–H groups in total. The summed E-state index contributed by atoms with van der Waals surface area (Å²) in [5.41, 5.74) is 2.34. The van der Waals surface area contributed by atoms with Crippen molar-refractivity contribution in [3.05, 3.63) is 50.7 Å². The van der Waals surface area contributed by atoms with Gasteiger partial charge in [-0.25, -0.2) is 9.67 Å². The van der Waals surface area contributed by atoms with Crippen LogP contribution in [0.1, 0.15) is 82.4 Å². The molecule has 0 radical (unpaired) electrons. The Morgan fingerprint density at radius 3 is 2.65 bits per heavy atom. The number of H-pyrrole nitrogens is 1. The number of hydrogen-bond donors (Lipinski definition) is 1. The molecule has 1 unspecified atom stereocenters. The van der Waals surface area contributed by atoms with Gasteiger partial charge in [-0.15, -0.1) is 0 Å². The number of halogens is 1. The highest BCUT2D eigenvalue weighted by Crippen LogP contribution is 2.27. The van der Waals surface area contributed by atoms with Crippen LogP contribution < -0.4 is 10.3 Å². The van der Waals surface area contributed by atoms with Crippen LogP contribution >= 0.6 is 11.6 Å². The highest BCUT2D eigenvalue weighted by molar-refractivity contribution is 6.32. The number of benzene rings is 1. The molecule has 0 aliphatic carbocycles. The minimum Gasteiger partial charge on any atom is -0.495 e. The third-order valence-corrected chi connectivity index (χ3v) is 6.11. The van der Waals surface area contributed by atoms with Crippen molar-refractivity contribution >= 4 is 22.6 Å². The maximum atomic E-state index is 13.0. The first-order chi connectivity index (χ1) is 15.0. The van der Waals surface area contributed by atoms with Crippen LogP contribution in [0.5, 0.6) is 5.75 Å². The Balaban J connectivity index is 1.97. The van der Waals surface area contributed by atoms with Gasteiger partial charge in [0, 0.05) is 6.42 Å². The average Bonchev–Trinajstić information content (AvgIpc) is 3.13. The van der Waals surface area contributed by atoms with Gasteiger partial charge in [0.25, 0.3) is 5.56 Å². The third-order valence-electron chi connectivity index (χ3n) is 5.81. The number of aromatic nitrogens is 4. The van der Waals surface area contributed by atoms with E-state index in [1.54, 1.807) is 7.11 Å². The molecule has 7 heteroatoms. The Kier molecular flexibility index (Phi) is 8.13. The molecule has 0 aliphatic heterocycles. The monoisotopic (exact) mass is 444 g/mol. The Morgan fingerprint density at radius 1 is 1.19 bits per heavy atom. The number of nitrogens with one attached hydrogen (secondary N) is 1. The van der Waals surface area contributed by atoms with Crippen molar-refractivity contribution in [1.82, 2.24) is 19.7 Å². The van der Waals surface area contributed by atoms with Gasteiger partial charge in [0.2, 0.25) is 0 Å². The summed E-state index contributed by atoms with van der Waals surface area (Å²) in [6.45, 7) is 6.43. The molecule has 0 spiro atoms. The lowest BCUT2D eigenvalue weighted by atomic mass is 10.1. The fourth-order valence-electron chi connectivity index (χ4n) is 4.07. The largest absolute Gasteiger partial charge is 0.495 e. The first-order valence-corrected chi connectivity index (χ1v) is 11.7. The number of fused-ring (bicyclic) bond motifs is 1. The van der Waals surface area contributed by atoms with E-state index in [0.717, 1.165) is 30.5 Å². The van der Waals surface area contributed by atoms with E-state index in [1.165, 1.54) is 19.3 Å². The number of aromatic amines is 1. The number of methoxy groups -OCH3 is 1. The van der Waals surface area contributed by atoms with E-state index in [9.17, 15) is 4.79 Å². The summed E-state index contributed by atoms with van der Waals surface area (Å²) in [6, 6.07) is 5.86. The standard InChI is InChI=1S/C24H33ClN4O2/c1-5-8-9-10-11-17(6-2)29-23-22(19(7-3)28-29)24(30)27-21(26-23)15-16-12-13-20(31-4)18(25)14-16/h12-14,17H,5-11,15H2,1-4H3,(H,26,27,30). The summed E-state index contributed by atoms with van der Waals surface area (Å²) in [5, 5.41) is 5.98. The molecule has 2 aromatic heterocycles. The fraction of sp³-hybridized carbons (Fsp3) is 0.542. The van der Waals surface area contributed by atoms with Crippen molar-refractivity contribution in [2.45, 2.75) is 78.2 Å². The zero-order valence-electron chi connectivity index (χ0n) is 19.0. The van der Waals surface area contributed by atoms with Gasteiger partial charge < -0.3 is 9.72 Å². The maximum Gasteiger partial charge on any atom is 0.262 e. The predicted molar refractivity (Wildman–Crippen MR) is 126 cm³/mol. The molecule has 6 nitrogen and oxygen atoms in total. The topological polar surface area (TPSA) is 72.8 Å². The third kappa shape index (κ3) is 5.29. The van der Waals surface area contributed by atoms with Crippen LogP contribution in [0.3, 0.4) is 0 Å². The second-order valence-corrected chi connectivity index (χ2v) is 8.42. The molecule has 2 heterocycles. The van der Waals surface area contributed by atoms with Crippen molar-refractivity contribution in [3.8, 4) is 5.75 Å². The highest BCUT2D eigenvalue weighted by Gasteiger charge is 2.20. The molecule has 0 fully saturated rings. The molecule has 0 amide bonds. The van der Waals surface area contributed by atoms with E-state index in [0.29, 0.717) is 40.5 Å². The van der Waals surface area contributed by atoms with Crippen LogP contribution in [-0.4, -0.2) is 26.9 Å². The predicted octanol–water partition coefficient (Wildman–Crippen LogP) is 5.86. The van der Waals surface area contributed by atoms with Gasteiger partial charge in [-0.2, -0.15) is 5.10 Å². The van der Waals surface area contributed by atoms with Crippen LogP contribution in [-0.2, 0) is 12.8 Å². The summed E-state index contributed by atoms with van der Waals surface area (Å²) < 4.78 is 7.23. The second-order valence-electron chi connectivity index (χ2n) is 8.01. The van der Waals surface area contributed by atoms with Crippen molar-refractivity contribution in [1.29, 1.82) is 0 Å². The van der Waals surface area contributed by atoms with Gasteiger partial charge in [0.05, 0.1) is 23.9 Å². The fourth-order valence-corrected chi connectivity index (χ4v) is 4.35. The lowest BCUT2D eigenvalue weighted by molar-refractivity contribution is 0.401. The van der Waals surface area contributed by atoms with E-state index >= 15 is 0 Å². The molecule has 0 aliphatic rings. The molecule has 1 aromatic carbocycles. The minimum absolute atomic E-state index is 0.122. The Hall–Kier alpha value is -2.34. The maximum absolute atomic E-state index is 13.0.